The minimum Gasteiger partial charge on any atom is -0.478 e. The number of halogens is 2. The second-order valence-electron chi connectivity index (χ2n) is 4.14. The number of rotatable bonds is 7. The molecule has 0 aliphatic carbocycles. The molecular formula is C15H18Cl2N2O. The Morgan fingerprint density at radius 3 is 2.65 bits per heavy atom. The molecule has 5 heteroatoms. The van der Waals surface area contributed by atoms with Crippen molar-refractivity contribution in [3.8, 4) is 5.88 Å². The van der Waals surface area contributed by atoms with Crippen LogP contribution in [0.2, 0.25) is 5.02 Å². The summed E-state index contributed by atoms with van der Waals surface area (Å²) in [6.07, 6.45) is 2.66. The Morgan fingerprint density at radius 2 is 1.90 bits per heavy atom. The fourth-order valence-electron chi connectivity index (χ4n) is 1.67. The Morgan fingerprint density at radius 1 is 1.10 bits per heavy atom. The number of benzene rings is 1. The summed E-state index contributed by atoms with van der Waals surface area (Å²) >= 11 is 6.07. The largest absolute Gasteiger partial charge is 0.478 e. The summed E-state index contributed by atoms with van der Waals surface area (Å²) in [6.45, 7) is 2.33. The molecular weight excluding hydrogens is 295 g/mol. The summed E-state index contributed by atoms with van der Waals surface area (Å²) in [6, 6.07) is 13.5. The zero-order chi connectivity index (χ0) is 13.3. The van der Waals surface area contributed by atoms with Crippen molar-refractivity contribution >= 4 is 24.0 Å². The van der Waals surface area contributed by atoms with Crippen LogP contribution in [0.15, 0.2) is 48.7 Å². The maximum absolute atomic E-state index is 6.07. The van der Waals surface area contributed by atoms with Crippen LogP contribution in [0.5, 0.6) is 5.88 Å². The average Bonchev–Trinajstić information content (AvgIpc) is 2.45. The number of aromatic nitrogens is 1. The first-order valence-corrected chi connectivity index (χ1v) is 6.72. The summed E-state index contributed by atoms with van der Waals surface area (Å²) in [5.41, 5.74) is 1.12. The predicted octanol–water partition coefficient (Wildman–Crippen LogP) is 3.72. The molecule has 2 rings (SSSR count). The molecule has 0 amide bonds. The number of nitrogens with one attached hydrogen (secondary N) is 1. The van der Waals surface area contributed by atoms with Crippen LogP contribution in [-0.2, 0) is 6.54 Å². The number of ether oxygens (including phenoxy) is 1. The van der Waals surface area contributed by atoms with Crippen LogP contribution in [0.1, 0.15) is 12.0 Å². The summed E-state index contributed by atoms with van der Waals surface area (Å²) in [5, 5.41) is 4.15. The van der Waals surface area contributed by atoms with Gasteiger partial charge in [0.1, 0.15) is 0 Å². The van der Waals surface area contributed by atoms with Crippen molar-refractivity contribution in [2.75, 3.05) is 13.2 Å². The van der Waals surface area contributed by atoms with Gasteiger partial charge in [0, 0.05) is 23.8 Å². The fraction of sp³-hybridized carbons (Fsp3) is 0.267. The number of hydrogen-bond acceptors (Lipinski definition) is 3. The van der Waals surface area contributed by atoms with E-state index in [9.17, 15) is 0 Å². The zero-order valence-corrected chi connectivity index (χ0v) is 12.7. The fourth-order valence-corrected chi connectivity index (χ4v) is 1.87. The lowest BCUT2D eigenvalue weighted by molar-refractivity contribution is 0.296. The molecule has 2 aromatic rings. The van der Waals surface area contributed by atoms with Crippen molar-refractivity contribution in [3.63, 3.8) is 0 Å². The number of pyridine rings is 1. The van der Waals surface area contributed by atoms with Crippen LogP contribution in [0.3, 0.4) is 0 Å². The first-order chi connectivity index (χ1) is 9.36. The van der Waals surface area contributed by atoms with Gasteiger partial charge in [0.05, 0.1) is 6.61 Å². The monoisotopic (exact) mass is 312 g/mol. The van der Waals surface area contributed by atoms with E-state index in [2.05, 4.69) is 10.3 Å². The van der Waals surface area contributed by atoms with E-state index in [4.69, 9.17) is 16.3 Å². The van der Waals surface area contributed by atoms with Gasteiger partial charge in [0.2, 0.25) is 5.88 Å². The summed E-state index contributed by atoms with van der Waals surface area (Å²) in [4.78, 5) is 4.10. The van der Waals surface area contributed by atoms with E-state index in [0.717, 1.165) is 30.1 Å². The maximum Gasteiger partial charge on any atom is 0.213 e. The number of hydrogen-bond donors (Lipinski definition) is 1. The van der Waals surface area contributed by atoms with Gasteiger partial charge in [0.25, 0.3) is 0 Å². The van der Waals surface area contributed by atoms with Gasteiger partial charge in [-0.2, -0.15) is 0 Å². The summed E-state index contributed by atoms with van der Waals surface area (Å²) in [5.74, 6) is 0.675. The molecule has 0 aliphatic heterocycles. The predicted molar refractivity (Wildman–Crippen MR) is 84.8 cm³/mol. The highest BCUT2D eigenvalue weighted by atomic mass is 35.5. The Bertz CT molecular complexity index is 494. The molecule has 1 aromatic heterocycles. The van der Waals surface area contributed by atoms with Crippen molar-refractivity contribution in [2.45, 2.75) is 13.0 Å². The lowest BCUT2D eigenvalue weighted by Crippen LogP contribution is -2.17. The smallest absolute Gasteiger partial charge is 0.213 e. The van der Waals surface area contributed by atoms with Crippen molar-refractivity contribution in [1.82, 2.24) is 10.3 Å². The van der Waals surface area contributed by atoms with Crippen molar-refractivity contribution in [2.24, 2.45) is 0 Å². The van der Waals surface area contributed by atoms with Gasteiger partial charge in [-0.05, 0) is 30.7 Å². The van der Waals surface area contributed by atoms with Gasteiger partial charge in [0.15, 0.2) is 0 Å². The van der Waals surface area contributed by atoms with Gasteiger partial charge < -0.3 is 10.1 Å². The van der Waals surface area contributed by atoms with Gasteiger partial charge in [-0.15, -0.1) is 12.4 Å². The molecule has 20 heavy (non-hydrogen) atoms. The molecule has 0 saturated carbocycles. The van der Waals surface area contributed by atoms with Crippen molar-refractivity contribution in [1.29, 1.82) is 0 Å². The quantitative estimate of drug-likeness (QED) is 0.791. The molecule has 1 N–H and O–H groups in total. The molecule has 1 aromatic carbocycles. The summed E-state index contributed by atoms with van der Waals surface area (Å²) in [7, 11) is 0. The van der Waals surface area contributed by atoms with Crippen LogP contribution in [0, 0.1) is 0 Å². The van der Waals surface area contributed by atoms with E-state index in [1.165, 1.54) is 0 Å². The molecule has 0 unspecified atom stereocenters. The third kappa shape index (κ3) is 5.78. The summed E-state index contributed by atoms with van der Waals surface area (Å²) < 4.78 is 5.50. The normalized spacial score (nSPS) is 9.85. The van der Waals surface area contributed by atoms with E-state index in [-0.39, 0.29) is 12.4 Å². The van der Waals surface area contributed by atoms with Crippen LogP contribution in [0.25, 0.3) is 0 Å². The lowest BCUT2D eigenvalue weighted by atomic mass is 10.2. The molecule has 0 fully saturated rings. The topological polar surface area (TPSA) is 34.1 Å². The molecule has 108 valence electrons. The molecule has 1 heterocycles. The van der Waals surface area contributed by atoms with Crippen LogP contribution in [0.4, 0.5) is 0 Å². The van der Waals surface area contributed by atoms with E-state index in [0.29, 0.717) is 12.5 Å². The highest BCUT2D eigenvalue weighted by Crippen LogP contribution is 2.14. The molecule has 0 saturated heterocycles. The van der Waals surface area contributed by atoms with Crippen LogP contribution >= 0.6 is 24.0 Å². The molecule has 3 nitrogen and oxygen atoms in total. The first-order valence-electron chi connectivity index (χ1n) is 6.34. The highest BCUT2D eigenvalue weighted by Gasteiger charge is 1.98. The van der Waals surface area contributed by atoms with Crippen LogP contribution < -0.4 is 10.1 Å². The molecule has 0 atom stereocenters. The first kappa shape index (κ1) is 16.8. The Kier molecular flexibility index (Phi) is 8.04. The van der Waals surface area contributed by atoms with Gasteiger partial charge in [-0.25, -0.2) is 4.98 Å². The maximum atomic E-state index is 6.07. The Hall–Kier alpha value is -1.29. The Labute approximate surface area is 130 Å². The van der Waals surface area contributed by atoms with Crippen LogP contribution in [-0.4, -0.2) is 18.1 Å². The standard InChI is InChI=1S/C15H17ClN2O.ClH/c16-14-7-2-1-6-13(14)12-17-9-5-11-19-15-8-3-4-10-18-15;/h1-4,6-8,10,17H,5,9,11-12H2;1H. The molecule has 0 aliphatic rings. The number of nitrogens with zero attached hydrogens (tertiary/aromatic N) is 1. The van der Waals surface area contributed by atoms with E-state index in [1.54, 1.807) is 6.20 Å². The van der Waals surface area contributed by atoms with Crippen molar-refractivity contribution in [3.05, 3.63) is 59.2 Å². The van der Waals surface area contributed by atoms with E-state index < -0.39 is 0 Å². The zero-order valence-electron chi connectivity index (χ0n) is 11.1. The minimum absolute atomic E-state index is 0. The third-order valence-electron chi connectivity index (χ3n) is 2.66. The second kappa shape index (κ2) is 9.59. The van der Waals surface area contributed by atoms with Crippen molar-refractivity contribution < 1.29 is 4.74 Å². The third-order valence-corrected chi connectivity index (χ3v) is 3.03. The van der Waals surface area contributed by atoms with Gasteiger partial charge in [-0.3, -0.25) is 0 Å². The molecule has 0 spiro atoms. The SMILES string of the molecule is Cl.Clc1ccccc1CNCCCOc1ccccn1. The minimum atomic E-state index is 0. The van der Waals surface area contributed by atoms with Gasteiger partial charge >= 0.3 is 0 Å². The molecule has 0 bridgehead atoms. The lowest BCUT2D eigenvalue weighted by Gasteiger charge is -2.07. The Balaban J connectivity index is 0.00000200. The second-order valence-corrected chi connectivity index (χ2v) is 4.55. The highest BCUT2D eigenvalue weighted by molar-refractivity contribution is 6.31. The molecule has 0 radical (unpaired) electrons. The van der Waals surface area contributed by atoms with E-state index >= 15 is 0 Å². The average molecular weight is 313 g/mol. The van der Waals surface area contributed by atoms with E-state index in [1.807, 2.05) is 42.5 Å². The van der Waals surface area contributed by atoms with Gasteiger partial charge in [-0.1, -0.05) is 35.9 Å².